The number of rotatable bonds is 2. The molecule has 0 radical (unpaired) electrons. The minimum Gasteiger partial charge on any atom is -0.331 e. The normalized spacial score (nSPS) is 21.7. The van der Waals surface area contributed by atoms with Gasteiger partial charge in [0.25, 0.3) is 0 Å². The predicted molar refractivity (Wildman–Crippen MR) is 66.6 cm³/mol. The summed E-state index contributed by atoms with van der Waals surface area (Å²) in [4.78, 5) is 17.9. The lowest BCUT2D eigenvalue weighted by molar-refractivity contribution is 0.0976. The van der Waals surface area contributed by atoms with E-state index >= 15 is 0 Å². The van der Waals surface area contributed by atoms with Gasteiger partial charge in [0, 0.05) is 39.3 Å². The van der Waals surface area contributed by atoms with Gasteiger partial charge in [-0.05, 0) is 33.7 Å². The molecule has 1 rings (SSSR count). The summed E-state index contributed by atoms with van der Waals surface area (Å²) in [5, 5.41) is 0. The Kier molecular flexibility index (Phi) is 4.59. The first kappa shape index (κ1) is 13.3. The lowest BCUT2D eigenvalue weighted by atomic mass is 10.0. The van der Waals surface area contributed by atoms with Gasteiger partial charge < -0.3 is 9.80 Å². The first-order valence-corrected chi connectivity index (χ1v) is 6.11. The van der Waals surface area contributed by atoms with Crippen molar-refractivity contribution in [3.63, 3.8) is 0 Å². The SMILES string of the molecule is CC(C)N(C)C1CCCN(C(=O)N(C)C)C1. The molecule has 1 aliphatic rings. The lowest BCUT2D eigenvalue weighted by Gasteiger charge is -2.40. The van der Waals surface area contributed by atoms with Crippen LogP contribution in [0.3, 0.4) is 0 Å². The Morgan fingerprint density at radius 1 is 1.31 bits per heavy atom. The molecule has 1 unspecified atom stereocenters. The molecule has 0 aromatic carbocycles. The van der Waals surface area contributed by atoms with Gasteiger partial charge in [-0.3, -0.25) is 4.90 Å². The molecule has 0 aliphatic carbocycles. The second-order valence-electron chi connectivity index (χ2n) is 5.18. The molecule has 1 heterocycles. The van der Waals surface area contributed by atoms with Crippen LogP contribution in [0.4, 0.5) is 4.79 Å². The summed E-state index contributed by atoms with van der Waals surface area (Å²) in [5.74, 6) is 0. The minimum absolute atomic E-state index is 0.141. The monoisotopic (exact) mass is 227 g/mol. The Hall–Kier alpha value is -0.770. The largest absolute Gasteiger partial charge is 0.331 e. The van der Waals surface area contributed by atoms with Crippen molar-refractivity contribution < 1.29 is 4.79 Å². The van der Waals surface area contributed by atoms with E-state index in [1.165, 1.54) is 6.42 Å². The third-order valence-corrected chi connectivity index (χ3v) is 3.44. The van der Waals surface area contributed by atoms with Gasteiger partial charge in [-0.2, -0.15) is 0 Å². The zero-order valence-electron chi connectivity index (χ0n) is 11.2. The number of hydrogen-bond acceptors (Lipinski definition) is 2. The molecular weight excluding hydrogens is 202 g/mol. The number of hydrogen-bond donors (Lipinski definition) is 0. The van der Waals surface area contributed by atoms with Crippen molar-refractivity contribution in [3.05, 3.63) is 0 Å². The molecule has 1 fully saturated rings. The van der Waals surface area contributed by atoms with Crippen LogP contribution in [0.1, 0.15) is 26.7 Å². The maximum Gasteiger partial charge on any atom is 0.319 e. The first-order chi connectivity index (χ1) is 7.43. The van der Waals surface area contributed by atoms with Crippen molar-refractivity contribution in [1.29, 1.82) is 0 Å². The number of nitrogens with zero attached hydrogens (tertiary/aromatic N) is 3. The number of likely N-dealkylation sites (tertiary alicyclic amines) is 1. The van der Waals surface area contributed by atoms with E-state index in [0.29, 0.717) is 12.1 Å². The van der Waals surface area contributed by atoms with Crippen LogP contribution in [0.5, 0.6) is 0 Å². The van der Waals surface area contributed by atoms with Crippen LogP contribution in [-0.2, 0) is 0 Å². The van der Waals surface area contributed by atoms with E-state index in [0.717, 1.165) is 19.5 Å². The van der Waals surface area contributed by atoms with Crippen LogP contribution in [-0.4, -0.2) is 67.0 Å². The fourth-order valence-corrected chi connectivity index (χ4v) is 2.17. The van der Waals surface area contributed by atoms with Crippen molar-refractivity contribution >= 4 is 6.03 Å². The molecule has 4 heteroatoms. The zero-order valence-corrected chi connectivity index (χ0v) is 11.2. The molecule has 16 heavy (non-hydrogen) atoms. The molecule has 0 spiro atoms. The minimum atomic E-state index is 0.141. The molecule has 0 saturated carbocycles. The molecule has 1 aliphatic heterocycles. The van der Waals surface area contributed by atoms with Gasteiger partial charge in [-0.15, -0.1) is 0 Å². The topological polar surface area (TPSA) is 26.8 Å². The van der Waals surface area contributed by atoms with E-state index in [4.69, 9.17) is 0 Å². The highest BCUT2D eigenvalue weighted by Crippen LogP contribution is 2.17. The Labute approximate surface area is 99.2 Å². The molecule has 0 aromatic heterocycles. The van der Waals surface area contributed by atoms with Gasteiger partial charge in [-0.1, -0.05) is 0 Å². The Bertz CT molecular complexity index is 240. The van der Waals surface area contributed by atoms with E-state index in [2.05, 4.69) is 25.8 Å². The molecule has 0 N–H and O–H groups in total. The van der Waals surface area contributed by atoms with E-state index < -0.39 is 0 Å². The Morgan fingerprint density at radius 2 is 1.94 bits per heavy atom. The summed E-state index contributed by atoms with van der Waals surface area (Å²) in [6.07, 6.45) is 2.31. The molecular formula is C12H25N3O. The van der Waals surface area contributed by atoms with E-state index in [1.807, 2.05) is 19.0 Å². The van der Waals surface area contributed by atoms with Gasteiger partial charge in [0.1, 0.15) is 0 Å². The second-order valence-corrected chi connectivity index (χ2v) is 5.18. The number of carbonyl (C=O) groups excluding carboxylic acids is 1. The molecule has 94 valence electrons. The molecule has 1 atom stereocenters. The van der Waals surface area contributed by atoms with Gasteiger partial charge >= 0.3 is 6.03 Å². The van der Waals surface area contributed by atoms with E-state index in [9.17, 15) is 4.79 Å². The Balaban J connectivity index is 2.56. The summed E-state index contributed by atoms with van der Waals surface area (Å²) < 4.78 is 0. The standard InChI is InChI=1S/C12H25N3O/c1-10(2)14(5)11-7-6-8-15(9-11)12(16)13(3)4/h10-11H,6-9H2,1-5H3. The lowest BCUT2D eigenvalue weighted by Crippen LogP contribution is -2.52. The maximum absolute atomic E-state index is 11.9. The van der Waals surface area contributed by atoms with Gasteiger partial charge in [0.2, 0.25) is 0 Å². The summed E-state index contributed by atoms with van der Waals surface area (Å²) in [5.41, 5.74) is 0. The predicted octanol–water partition coefficient (Wildman–Crippen LogP) is 1.47. The van der Waals surface area contributed by atoms with Crippen molar-refractivity contribution in [2.45, 2.75) is 38.8 Å². The van der Waals surface area contributed by atoms with Gasteiger partial charge in [-0.25, -0.2) is 4.79 Å². The maximum atomic E-state index is 11.9. The average molecular weight is 227 g/mol. The molecule has 1 saturated heterocycles. The van der Waals surface area contributed by atoms with Crippen LogP contribution >= 0.6 is 0 Å². The molecule has 0 bridgehead atoms. The number of likely N-dealkylation sites (N-methyl/N-ethyl adjacent to an activating group) is 1. The van der Waals surface area contributed by atoms with Crippen molar-refractivity contribution in [3.8, 4) is 0 Å². The average Bonchev–Trinajstić information content (AvgIpc) is 2.26. The van der Waals surface area contributed by atoms with Gasteiger partial charge in [0.15, 0.2) is 0 Å². The fraction of sp³-hybridized carbons (Fsp3) is 0.917. The third kappa shape index (κ3) is 3.11. The summed E-state index contributed by atoms with van der Waals surface area (Å²) >= 11 is 0. The van der Waals surface area contributed by atoms with Crippen LogP contribution in [0.2, 0.25) is 0 Å². The number of carbonyl (C=O) groups is 1. The van der Waals surface area contributed by atoms with Crippen molar-refractivity contribution in [2.75, 3.05) is 34.2 Å². The van der Waals surface area contributed by atoms with Crippen LogP contribution in [0.15, 0.2) is 0 Å². The van der Waals surface area contributed by atoms with E-state index in [-0.39, 0.29) is 6.03 Å². The van der Waals surface area contributed by atoms with Crippen molar-refractivity contribution in [1.82, 2.24) is 14.7 Å². The smallest absolute Gasteiger partial charge is 0.319 e. The number of amides is 2. The zero-order chi connectivity index (χ0) is 12.3. The number of urea groups is 1. The molecule has 0 aromatic rings. The highest BCUT2D eigenvalue weighted by atomic mass is 16.2. The first-order valence-electron chi connectivity index (χ1n) is 6.11. The second kappa shape index (κ2) is 5.53. The van der Waals surface area contributed by atoms with Crippen molar-refractivity contribution in [2.24, 2.45) is 0 Å². The summed E-state index contributed by atoms with van der Waals surface area (Å²) in [7, 11) is 5.79. The highest BCUT2D eigenvalue weighted by molar-refractivity contribution is 5.73. The Morgan fingerprint density at radius 3 is 2.44 bits per heavy atom. The number of piperidine rings is 1. The van der Waals surface area contributed by atoms with Crippen LogP contribution in [0.25, 0.3) is 0 Å². The fourth-order valence-electron chi connectivity index (χ4n) is 2.17. The summed E-state index contributed by atoms with van der Waals surface area (Å²) in [6, 6.07) is 1.19. The summed E-state index contributed by atoms with van der Waals surface area (Å²) in [6.45, 7) is 6.17. The highest BCUT2D eigenvalue weighted by Gasteiger charge is 2.27. The van der Waals surface area contributed by atoms with Crippen LogP contribution < -0.4 is 0 Å². The molecule has 2 amide bonds. The van der Waals surface area contributed by atoms with Gasteiger partial charge in [0.05, 0.1) is 0 Å². The molecule has 4 nitrogen and oxygen atoms in total. The third-order valence-electron chi connectivity index (χ3n) is 3.44. The quantitative estimate of drug-likeness (QED) is 0.714. The van der Waals surface area contributed by atoms with Crippen LogP contribution in [0, 0.1) is 0 Å². The van der Waals surface area contributed by atoms with E-state index in [1.54, 1.807) is 4.90 Å².